The summed E-state index contributed by atoms with van der Waals surface area (Å²) in [7, 11) is 0. The molecule has 1 unspecified atom stereocenters. The van der Waals surface area contributed by atoms with Gasteiger partial charge in [-0.15, -0.1) is 0 Å². The SMILES string of the molecule is O=C(CC(NCCO)C(=O)O)Nc1ccccc1Br. The lowest BCUT2D eigenvalue weighted by molar-refractivity contribution is -0.141. The average molecular weight is 331 g/mol. The Bertz CT molecular complexity index is 453. The number of hydrogen-bond donors (Lipinski definition) is 4. The molecule has 4 N–H and O–H groups in total. The van der Waals surface area contributed by atoms with Crippen LogP contribution in [0.2, 0.25) is 0 Å². The minimum absolute atomic E-state index is 0.124. The number of carboxylic acid groups (broad SMARTS) is 1. The minimum atomic E-state index is -1.13. The van der Waals surface area contributed by atoms with Gasteiger partial charge in [0.1, 0.15) is 6.04 Å². The maximum absolute atomic E-state index is 11.7. The van der Waals surface area contributed by atoms with Crippen LogP contribution in [0.1, 0.15) is 6.42 Å². The Hall–Kier alpha value is -1.44. The zero-order valence-electron chi connectivity index (χ0n) is 10.1. The molecule has 0 aliphatic carbocycles. The van der Waals surface area contributed by atoms with Gasteiger partial charge in [0.25, 0.3) is 0 Å². The average Bonchev–Trinajstić information content (AvgIpc) is 2.37. The summed E-state index contributed by atoms with van der Waals surface area (Å²) < 4.78 is 0.721. The highest BCUT2D eigenvalue weighted by Gasteiger charge is 2.20. The first-order valence-corrected chi connectivity index (χ1v) is 6.45. The number of rotatable bonds is 7. The molecule has 0 heterocycles. The van der Waals surface area contributed by atoms with Gasteiger partial charge in [0, 0.05) is 11.0 Å². The normalized spacial score (nSPS) is 11.9. The zero-order valence-corrected chi connectivity index (χ0v) is 11.7. The Morgan fingerprint density at radius 1 is 1.32 bits per heavy atom. The number of carbonyl (C=O) groups excluding carboxylic acids is 1. The van der Waals surface area contributed by atoms with E-state index in [1.54, 1.807) is 18.2 Å². The lowest BCUT2D eigenvalue weighted by atomic mass is 10.2. The number of aliphatic hydroxyl groups is 1. The van der Waals surface area contributed by atoms with E-state index in [0.717, 1.165) is 4.47 Å². The highest BCUT2D eigenvalue weighted by atomic mass is 79.9. The Morgan fingerprint density at radius 3 is 2.58 bits per heavy atom. The van der Waals surface area contributed by atoms with Crippen LogP contribution in [0.4, 0.5) is 5.69 Å². The molecule has 0 aliphatic heterocycles. The standard InChI is InChI=1S/C12H15BrN2O4/c13-8-3-1-2-4-9(8)15-11(17)7-10(12(18)19)14-5-6-16/h1-4,10,14,16H,5-7H2,(H,15,17)(H,18,19). The number of carboxylic acids is 1. The summed E-state index contributed by atoms with van der Waals surface area (Å²) in [4.78, 5) is 22.7. The largest absolute Gasteiger partial charge is 0.480 e. The Morgan fingerprint density at radius 2 is 2.00 bits per heavy atom. The van der Waals surface area contributed by atoms with Crippen molar-refractivity contribution in [2.75, 3.05) is 18.5 Å². The van der Waals surface area contributed by atoms with Crippen LogP contribution in [-0.4, -0.2) is 41.3 Å². The summed E-state index contributed by atoms with van der Waals surface area (Å²) in [6.45, 7) is -0.0606. The molecular weight excluding hydrogens is 316 g/mol. The summed E-state index contributed by atoms with van der Waals surface area (Å²) in [5.74, 6) is -1.54. The van der Waals surface area contributed by atoms with Gasteiger partial charge < -0.3 is 20.8 Å². The van der Waals surface area contributed by atoms with Crippen LogP contribution in [-0.2, 0) is 9.59 Å². The summed E-state index contributed by atoms with van der Waals surface area (Å²) in [5, 5.41) is 22.8. The molecule has 0 fully saturated rings. The number of hydrogen-bond acceptors (Lipinski definition) is 4. The summed E-state index contributed by atoms with van der Waals surface area (Å²) >= 11 is 3.28. The number of amides is 1. The lowest BCUT2D eigenvalue weighted by Gasteiger charge is -2.14. The van der Waals surface area contributed by atoms with Crippen molar-refractivity contribution < 1.29 is 19.8 Å². The predicted molar refractivity (Wildman–Crippen MR) is 73.9 cm³/mol. The quantitative estimate of drug-likeness (QED) is 0.593. The van der Waals surface area contributed by atoms with Gasteiger partial charge in [0.05, 0.1) is 18.7 Å². The molecule has 1 amide bonds. The molecule has 1 atom stereocenters. The smallest absolute Gasteiger partial charge is 0.321 e. The van der Waals surface area contributed by atoms with E-state index in [9.17, 15) is 9.59 Å². The Kier molecular flexibility index (Phi) is 6.48. The zero-order chi connectivity index (χ0) is 14.3. The summed E-state index contributed by atoms with van der Waals surface area (Å²) in [6, 6.07) is 6.03. The van der Waals surface area contributed by atoms with E-state index < -0.39 is 17.9 Å². The fraction of sp³-hybridized carbons (Fsp3) is 0.333. The maximum Gasteiger partial charge on any atom is 0.321 e. The van der Waals surface area contributed by atoms with Crippen molar-refractivity contribution in [3.8, 4) is 0 Å². The number of benzene rings is 1. The highest BCUT2D eigenvalue weighted by molar-refractivity contribution is 9.10. The number of nitrogens with one attached hydrogen (secondary N) is 2. The molecule has 104 valence electrons. The maximum atomic E-state index is 11.7. The van der Waals surface area contributed by atoms with Crippen LogP contribution in [0.3, 0.4) is 0 Å². The van der Waals surface area contributed by atoms with Gasteiger partial charge in [0.2, 0.25) is 5.91 Å². The van der Waals surface area contributed by atoms with Crippen molar-refractivity contribution in [2.24, 2.45) is 0 Å². The molecule has 0 aromatic heterocycles. The van der Waals surface area contributed by atoms with Crippen LogP contribution in [0.25, 0.3) is 0 Å². The monoisotopic (exact) mass is 330 g/mol. The summed E-state index contributed by atoms with van der Waals surface area (Å²) in [5.41, 5.74) is 0.582. The molecular formula is C12H15BrN2O4. The van der Waals surface area contributed by atoms with Crippen LogP contribution in [0.5, 0.6) is 0 Å². The third kappa shape index (κ3) is 5.37. The molecule has 0 saturated heterocycles. The molecule has 0 aliphatic rings. The van der Waals surface area contributed by atoms with Crippen molar-refractivity contribution in [1.29, 1.82) is 0 Å². The molecule has 1 aromatic rings. The van der Waals surface area contributed by atoms with E-state index in [1.165, 1.54) is 0 Å². The van der Waals surface area contributed by atoms with Crippen molar-refractivity contribution in [1.82, 2.24) is 5.32 Å². The van der Waals surface area contributed by atoms with Gasteiger partial charge >= 0.3 is 5.97 Å². The lowest BCUT2D eigenvalue weighted by Crippen LogP contribution is -2.41. The molecule has 0 bridgehead atoms. The fourth-order valence-corrected chi connectivity index (χ4v) is 1.82. The van der Waals surface area contributed by atoms with Crippen LogP contribution >= 0.6 is 15.9 Å². The van der Waals surface area contributed by atoms with E-state index in [2.05, 4.69) is 26.6 Å². The van der Waals surface area contributed by atoms with Crippen molar-refractivity contribution in [3.05, 3.63) is 28.7 Å². The number of carbonyl (C=O) groups is 2. The van der Waals surface area contributed by atoms with Crippen LogP contribution < -0.4 is 10.6 Å². The van der Waals surface area contributed by atoms with Gasteiger partial charge in [-0.25, -0.2) is 0 Å². The van der Waals surface area contributed by atoms with Gasteiger partial charge in [-0.05, 0) is 28.1 Å². The first-order chi connectivity index (χ1) is 9.04. The number of anilines is 1. The van der Waals surface area contributed by atoms with Gasteiger partial charge in [-0.3, -0.25) is 9.59 Å². The van der Waals surface area contributed by atoms with E-state index >= 15 is 0 Å². The number of aliphatic carboxylic acids is 1. The molecule has 6 nitrogen and oxygen atoms in total. The van der Waals surface area contributed by atoms with E-state index in [1.807, 2.05) is 6.07 Å². The first kappa shape index (κ1) is 15.6. The van der Waals surface area contributed by atoms with Gasteiger partial charge in [-0.1, -0.05) is 12.1 Å². The Balaban J connectivity index is 2.58. The number of halogens is 1. The van der Waals surface area contributed by atoms with E-state index in [-0.39, 0.29) is 19.6 Å². The number of aliphatic hydroxyl groups excluding tert-OH is 1. The predicted octanol–water partition coefficient (Wildman–Crippen LogP) is 0.813. The second-order valence-corrected chi connectivity index (χ2v) is 4.66. The molecule has 19 heavy (non-hydrogen) atoms. The molecule has 0 saturated carbocycles. The molecule has 1 rings (SSSR count). The molecule has 0 radical (unpaired) electrons. The van der Waals surface area contributed by atoms with E-state index in [4.69, 9.17) is 10.2 Å². The third-order valence-electron chi connectivity index (χ3n) is 2.34. The fourth-order valence-electron chi connectivity index (χ4n) is 1.43. The molecule has 7 heteroatoms. The van der Waals surface area contributed by atoms with Gasteiger partial charge in [-0.2, -0.15) is 0 Å². The van der Waals surface area contributed by atoms with Crippen molar-refractivity contribution in [3.63, 3.8) is 0 Å². The second-order valence-electron chi connectivity index (χ2n) is 3.80. The highest BCUT2D eigenvalue weighted by Crippen LogP contribution is 2.21. The third-order valence-corrected chi connectivity index (χ3v) is 3.03. The summed E-state index contributed by atoms with van der Waals surface area (Å²) in [6.07, 6.45) is -0.212. The molecule has 0 spiro atoms. The second kappa shape index (κ2) is 7.88. The minimum Gasteiger partial charge on any atom is -0.480 e. The topological polar surface area (TPSA) is 98.7 Å². The van der Waals surface area contributed by atoms with Gasteiger partial charge in [0.15, 0.2) is 0 Å². The van der Waals surface area contributed by atoms with Crippen LogP contribution in [0.15, 0.2) is 28.7 Å². The Labute approximate surface area is 118 Å². The van der Waals surface area contributed by atoms with E-state index in [0.29, 0.717) is 5.69 Å². The van der Waals surface area contributed by atoms with Crippen molar-refractivity contribution >= 4 is 33.5 Å². The van der Waals surface area contributed by atoms with Crippen molar-refractivity contribution in [2.45, 2.75) is 12.5 Å². The van der Waals surface area contributed by atoms with Crippen LogP contribution in [0, 0.1) is 0 Å². The first-order valence-electron chi connectivity index (χ1n) is 5.66. The molecule has 1 aromatic carbocycles. The number of para-hydroxylation sites is 1.